The van der Waals surface area contributed by atoms with Crippen molar-refractivity contribution < 1.29 is 0 Å². The smallest absolute Gasteiger partial charge is 0.123 e. The van der Waals surface area contributed by atoms with Gasteiger partial charge < -0.3 is 5.32 Å². The van der Waals surface area contributed by atoms with Gasteiger partial charge in [0.2, 0.25) is 0 Å². The summed E-state index contributed by atoms with van der Waals surface area (Å²) in [5.74, 6) is 1.43. The molecule has 0 bridgehead atoms. The van der Waals surface area contributed by atoms with Crippen LogP contribution in [0.25, 0.3) is 5.57 Å². The van der Waals surface area contributed by atoms with Crippen LogP contribution in [0.4, 0.5) is 0 Å². The number of allylic oxidation sites excluding steroid dienone is 1. The maximum absolute atomic E-state index is 9.04. The fraction of sp³-hybridized carbons (Fsp3) is 0.429. The molecule has 1 aromatic rings. The highest BCUT2D eigenvalue weighted by atomic mass is 79.9. The Bertz CT molecular complexity index is 544. The first kappa shape index (κ1) is 11.9. The summed E-state index contributed by atoms with van der Waals surface area (Å²) in [6, 6.07) is 4.11. The van der Waals surface area contributed by atoms with Crippen molar-refractivity contribution in [1.29, 1.82) is 5.26 Å². The van der Waals surface area contributed by atoms with E-state index in [2.05, 4.69) is 38.4 Å². The van der Waals surface area contributed by atoms with E-state index in [1.54, 1.807) is 0 Å². The third-order valence-corrected chi connectivity index (χ3v) is 4.54. The first-order valence-corrected chi connectivity index (χ1v) is 7.04. The third kappa shape index (κ3) is 2.09. The van der Waals surface area contributed by atoms with Gasteiger partial charge in [-0.25, -0.2) is 4.98 Å². The number of nitrogens with zero attached hydrogens (tertiary/aromatic N) is 2. The quantitative estimate of drug-likeness (QED) is 0.812. The first-order chi connectivity index (χ1) is 8.78. The molecule has 1 aliphatic heterocycles. The number of hydrogen-bond donors (Lipinski definition) is 1. The van der Waals surface area contributed by atoms with E-state index < -0.39 is 0 Å². The largest absolute Gasteiger partial charge is 0.316 e. The van der Waals surface area contributed by atoms with Crippen molar-refractivity contribution in [3.8, 4) is 6.07 Å². The number of aromatic nitrogens is 1. The number of nitrogens with one attached hydrogen (secondary N) is 1. The molecule has 0 amide bonds. The number of pyridine rings is 1. The summed E-state index contributed by atoms with van der Waals surface area (Å²) in [6.45, 7) is 2.22. The third-order valence-electron chi connectivity index (χ3n) is 3.91. The van der Waals surface area contributed by atoms with Crippen LogP contribution in [-0.2, 0) is 0 Å². The van der Waals surface area contributed by atoms with Gasteiger partial charge in [0, 0.05) is 12.7 Å². The van der Waals surface area contributed by atoms with Crippen LogP contribution in [0.5, 0.6) is 0 Å². The Morgan fingerprint density at radius 2 is 2.39 bits per heavy atom. The standard InChI is InChI=1S/C14H14BrN3/c15-14-11(6-16)5-13(8-18-14)10-3-9-1-2-17-7-12(9)4-10/h4-5,8-9,12,17H,1-3,7H2. The molecule has 2 unspecified atom stereocenters. The molecule has 3 nitrogen and oxygen atoms in total. The summed E-state index contributed by atoms with van der Waals surface area (Å²) in [5, 5.41) is 12.5. The minimum atomic E-state index is 0.612. The number of rotatable bonds is 1. The van der Waals surface area contributed by atoms with Crippen LogP contribution in [0.15, 0.2) is 22.9 Å². The molecule has 18 heavy (non-hydrogen) atoms. The second-order valence-electron chi connectivity index (χ2n) is 4.99. The highest BCUT2D eigenvalue weighted by molar-refractivity contribution is 9.10. The van der Waals surface area contributed by atoms with Crippen molar-refractivity contribution in [3.63, 3.8) is 0 Å². The van der Waals surface area contributed by atoms with Crippen molar-refractivity contribution in [3.05, 3.63) is 34.1 Å². The Balaban J connectivity index is 1.90. The Kier molecular flexibility index (Phi) is 3.19. The van der Waals surface area contributed by atoms with E-state index in [1.807, 2.05) is 12.3 Å². The molecule has 92 valence electrons. The maximum atomic E-state index is 9.04. The van der Waals surface area contributed by atoms with Crippen molar-refractivity contribution in [2.45, 2.75) is 12.8 Å². The average molecular weight is 304 g/mol. The number of nitriles is 1. The lowest BCUT2D eigenvalue weighted by atomic mass is 9.89. The minimum absolute atomic E-state index is 0.612. The van der Waals surface area contributed by atoms with Crippen LogP contribution in [0.2, 0.25) is 0 Å². The van der Waals surface area contributed by atoms with Gasteiger partial charge in [-0.05, 0) is 64.4 Å². The molecule has 0 aromatic carbocycles. The van der Waals surface area contributed by atoms with E-state index in [0.29, 0.717) is 16.1 Å². The Morgan fingerprint density at radius 3 is 3.17 bits per heavy atom. The Hall–Kier alpha value is -1.18. The van der Waals surface area contributed by atoms with Crippen LogP contribution in [-0.4, -0.2) is 18.1 Å². The molecule has 4 heteroatoms. The molecule has 0 saturated carbocycles. The topological polar surface area (TPSA) is 48.7 Å². The Labute approximate surface area is 115 Å². The van der Waals surface area contributed by atoms with Gasteiger partial charge in [-0.1, -0.05) is 6.08 Å². The number of piperidine rings is 1. The molecule has 0 spiro atoms. The molecule has 2 atom stereocenters. The predicted molar refractivity (Wildman–Crippen MR) is 73.7 cm³/mol. The molecule has 1 aliphatic carbocycles. The van der Waals surface area contributed by atoms with Crippen molar-refractivity contribution in [1.82, 2.24) is 10.3 Å². The average Bonchev–Trinajstić information content (AvgIpc) is 2.83. The maximum Gasteiger partial charge on any atom is 0.123 e. The van der Waals surface area contributed by atoms with Crippen molar-refractivity contribution in [2.24, 2.45) is 11.8 Å². The van der Waals surface area contributed by atoms with Crippen LogP contribution in [0, 0.1) is 23.2 Å². The summed E-state index contributed by atoms with van der Waals surface area (Å²) >= 11 is 3.30. The molecule has 2 aliphatic rings. The van der Waals surface area contributed by atoms with Gasteiger partial charge in [-0.2, -0.15) is 5.26 Å². The van der Waals surface area contributed by atoms with Crippen molar-refractivity contribution >= 4 is 21.5 Å². The van der Waals surface area contributed by atoms with Crippen LogP contribution in [0.1, 0.15) is 24.0 Å². The zero-order valence-corrected chi connectivity index (χ0v) is 11.6. The molecule has 1 N–H and O–H groups in total. The van der Waals surface area contributed by atoms with Gasteiger partial charge in [-0.3, -0.25) is 0 Å². The zero-order chi connectivity index (χ0) is 12.5. The van der Waals surface area contributed by atoms with E-state index in [4.69, 9.17) is 5.26 Å². The molecular formula is C14H14BrN3. The summed E-state index contributed by atoms with van der Waals surface area (Å²) in [4.78, 5) is 4.25. The van der Waals surface area contributed by atoms with Crippen LogP contribution < -0.4 is 5.32 Å². The van der Waals surface area contributed by atoms with Crippen LogP contribution in [0.3, 0.4) is 0 Å². The summed E-state index contributed by atoms with van der Waals surface area (Å²) in [6.07, 6.45) is 6.60. The fourth-order valence-electron chi connectivity index (χ4n) is 2.91. The molecule has 3 rings (SSSR count). The second kappa shape index (κ2) is 4.83. The Morgan fingerprint density at radius 1 is 1.50 bits per heavy atom. The highest BCUT2D eigenvalue weighted by Gasteiger charge is 2.30. The van der Waals surface area contributed by atoms with E-state index in [-0.39, 0.29) is 0 Å². The van der Waals surface area contributed by atoms with E-state index in [1.165, 1.54) is 12.0 Å². The van der Waals surface area contributed by atoms with Gasteiger partial charge in [0.25, 0.3) is 0 Å². The van der Waals surface area contributed by atoms with Gasteiger partial charge in [0.05, 0.1) is 5.56 Å². The van der Waals surface area contributed by atoms with E-state index in [0.717, 1.165) is 31.0 Å². The van der Waals surface area contributed by atoms with Crippen LogP contribution >= 0.6 is 15.9 Å². The predicted octanol–water partition coefficient (Wildman–Crippen LogP) is 2.73. The van der Waals surface area contributed by atoms with Gasteiger partial charge in [-0.15, -0.1) is 0 Å². The first-order valence-electron chi connectivity index (χ1n) is 6.25. The zero-order valence-electron chi connectivity index (χ0n) is 9.99. The lowest BCUT2D eigenvalue weighted by Gasteiger charge is -2.25. The minimum Gasteiger partial charge on any atom is -0.316 e. The SMILES string of the molecule is N#Cc1cc(C2=CC3CNCCC3C2)cnc1Br. The summed E-state index contributed by atoms with van der Waals surface area (Å²) in [7, 11) is 0. The number of fused-ring (bicyclic) bond motifs is 1. The molecule has 2 heterocycles. The van der Waals surface area contributed by atoms with E-state index in [9.17, 15) is 0 Å². The number of hydrogen-bond acceptors (Lipinski definition) is 3. The second-order valence-corrected chi connectivity index (χ2v) is 5.74. The molecular weight excluding hydrogens is 290 g/mol. The fourth-order valence-corrected chi connectivity index (χ4v) is 3.22. The van der Waals surface area contributed by atoms with Gasteiger partial charge >= 0.3 is 0 Å². The molecule has 1 aromatic heterocycles. The number of halogens is 1. The highest BCUT2D eigenvalue weighted by Crippen LogP contribution is 2.39. The molecule has 0 radical (unpaired) electrons. The van der Waals surface area contributed by atoms with Gasteiger partial charge in [0.15, 0.2) is 0 Å². The van der Waals surface area contributed by atoms with E-state index >= 15 is 0 Å². The summed E-state index contributed by atoms with van der Waals surface area (Å²) in [5.41, 5.74) is 3.07. The lowest BCUT2D eigenvalue weighted by molar-refractivity contribution is 0.323. The normalized spacial score (nSPS) is 26.3. The molecule has 1 saturated heterocycles. The monoisotopic (exact) mass is 303 g/mol. The molecule has 1 fully saturated rings. The van der Waals surface area contributed by atoms with Gasteiger partial charge in [0.1, 0.15) is 10.7 Å². The lowest BCUT2D eigenvalue weighted by Crippen LogP contribution is -2.33. The van der Waals surface area contributed by atoms with Crippen molar-refractivity contribution in [2.75, 3.05) is 13.1 Å². The summed E-state index contributed by atoms with van der Waals surface area (Å²) < 4.78 is 0.631.